The molecule has 4 heterocycles. The Morgan fingerprint density at radius 3 is 0.882 bits per heavy atom. The molecule has 0 saturated heterocycles. The van der Waals surface area contributed by atoms with Crippen molar-refractivity contribution in [3.05, 3.63) is 80.9 Å². The summed E-state index contributed by atoms with van der Waals surface area (Å²) in [5.41, 5.74) is -3.61. The van der Waals surface area contributed by atoms with Gasteiger partial charge in [0, 0.05) is 0 Å². The summed E-state index contributed by atoms with van der Waals surface area (Å²) in [7, 11) is 0. The van der Waals surface area contributed by atoms with Crippen molar-refractivity contribution in [3.8, 4) is 0 Å². The minimum atomic E-state index is -1.29. The van der Waals surface area contributed by atoms with Crippen LogP contribution < -0.4 is 0 Å². The summed E-state index contributed by atoms with van der Waals surface area (Å²) in [6.07, 6.45) is 0. The average Bonchev–Trinajstić information content (AvgIpc) is 2.75. The van der Waals surface area contributed by atoms with Crippen LogP contribution >= 0.6 is 0 Å². The van der Waals surface area contributed by atoms with Gasteiger partial charge in [-0.05, 0) is 36.4 Å². The van der Waals surface area contributed by atoms with Gasteiger partial charge in [0.25, 0.3) is 0 Å². The first-order valence-electron chi connectivity index (χ1n) is 9.23. The Morgan fingerprint density at radius 2 is 0.529 bits per heavy atom. The first-order valence-corrected chi connectivity index (χ1v) is 9.23. The van der Waals surface area contributed by atoms with Crippen molar-refractivity contribution in [1.29, 1.82) is 0 Å². The van der Waals surface area contributed by atoms with Crippen LogP contribution in [0.4, 0.5) is 0 Å². The van der Waals surface area contributed by atoms with Crippen LogP contribution in [0.15, 0.2) is 36.4 Å². The predicted molar refractivity (Wildman–Crippen MR) is 101 cm³/mol. The molecule has 1 aromatic carbocycles. The molecule has 5 rings (SSSR count). The third-order valence-electron chi connectivity index (χ3n) is 4.97. The molecule has 4 aliphatic heterocycles. The van der Waals surface area contributed by atoms with Crippen LogP contribution in [0.25, 0.3) is 0 Å². The number of carbonyl (C=O) groups is 8. The van der Waals surface area contributed by atoms with Crippen LogP contribution in [0.5, 0.6) is 0 Å². The van der Waals surface area contributed by atoms with Gasteiger partial charge in [-0.15, -0.1) is 0 Å². The normalized spacial score (nSPS) is 16.5. The molecule has 0 fully saturated rings. The Hall–Kier alpha value is -5.26. The van der Waals surface area contributed by atoms with E-state index in [1.807, 2.05) is 0 Å². The summed E-state index contributed by atoms with van der Waals surface area (Å²) in [4.78, 5) is 98.1. The molecule has 0 spiro atoms. The van der Waals surface area contributed by atoms with Crippen molar-refractivity contribution in [2.45, 2.75) is 0 Å². The Morgan fingerprint density at radius 1 is 0.294 bits per heavy atom. The van der Waals surface area contributed by atoms with E-state index in [2.05, 4.69) is 18.9 Å². The fraction of sp³-hybridized carbons (Fsp3) is 0. The maximum Gasteiger partial charge on any atom is 0.346 e. The number of cyclic esters (lactones) is 8. The monoisotopic (exact) mass is 462 g/mol. The van der Waals surface area contributed by atoms with Crippen molar-refractivity contribution >= 4 is 47.8 Å². The Bertz CT molecular complexity index is 1390. The molecule has 0 aliphatic carbocycles. The molecule has 12 nitrogen and oxygen atoms in total. The summed E-state index contributed by atoms with van der Waals surface area (Å²) >= 11 is 0. The highest BCUT2D eigenvalue weighted by Gasteiger charge is 2.35. The number of hydrogen-bond acceptors (Lipinski definition) is 12. The minimum Gasteiger partial charge on any atom is -0.386 e. The molecule has 0 saturated carbocycles. The molecule has 0 aromatic heterocycles. The summed E-state index contributed by atoms with van der Waals surface area (Å²) < 4.78 is 18.5. The topological polar surface area (TPSA) is 173 Å². The molecule has 34 heavy (non-hydrogen) atoms. The zero-order valence-corrected chi connectivity index (χ0v) is 16.4. The SMILES string of the molecule is O=C1OC(=O)c2cc1cc1cc(c3cc(c4cc(c2)C(=O)OC4=O)C(=O)OC3=O)C(=O)OC1=O. The fourth-order valence-electron chi connectivity index (χ4n) is 3.37. The molecule has 8 bridgehead atoms. The van der Waals surface area contributed by atoms with E-state index in [9.17, 15) is 38.4 Å². The van der Waals surface area contributed by atoms with E-state index in [0.717, 1.165) is 36.4 Å². The highest BCUT2D eigenvalue weighted by molar-refractivity contribution is 6.19. The van der Waals surface area contributed by atoms with Crippen LogP contribution in [0, 0.1) is 0 Å². The molecular weight excluding hydrogens is 456 g/mol. The lowest BCUT2D eigenvalue weighted by atomic mass is 9.98. The van der Waals surface area contributed by atoms with Gasteiger partial charge in [-0.25, -0.2) is 38.4 Å². The lowest BCUT2D eigenvalue weighted by molar-refractivity contribution is 0.0331. The predicted octanol–water partition coefficient (Wildman–Crippen LogP) is 1.18. The van der Waals surface area contributed by atoms with E-state index in [0.29, 0.717) is 0 Å². The molecule has 12 heteroatoms. The lowest BCUT2D eigenvalue weighted by Crippen LogP contribution is -2.27. The van der Waals surface area contributed by atoms with Gasteiger partial charge in [-0.3, -0.25) is 0 Å². The maximum atomic E-state index is 12.3. The first kappa shape index (κ1) is 20.6. The van der Waals surface area contributed by atoms with Gasteiger partial charge in [0.2, 0.25) is 0 Å². The molecule has 4 aliphatic rings. The largest absolute Gasteiger partial charge is 0.386 e. The standard InChI is InChI=1S/C22H6O12/c23-15-7-1-8(16(24)31-15)3-10-5-12(20(28)33-18(10)26)14-6-13(21(29)34-22(14)30)11-4-9(2-7)17(25)32-19(11)27/h1-6H. The Kier molecular flexibility index (Phi) is 4.33. The van der Waals surface area contributed by atoms with Gasteiger partial charge >= 0.3 is 47.8 Å². The number of hydrogen-bond donors (Lipinski definition) is 0. The number of carbonyl (C=O) groups excluding carboxylic acids is 8. The van der Waals surface area contributed by atoms with Crippen LogP contribution in [0.3, 0.4) is 0 Å². The minimum absolute atomic E-state index is 0.340. The molecule has 0 radical (unpaired) electrons. The summed E-state index contributed by atoms with van der Waals surface area (Å²) in [5, 5.41) is 0. The maximum absolute atomic E-state index is 12.3. The zero-order chi connectivity index (χ0) is 24.3. The first-order chi connectivity index (χ1) is 16.1. The van der Waals surface area contributed by atoms with Crippen molar-refractivity contribution in [2.24, 2.45) is 0 Å². The van der Waals surface area contributed by atoms with Gasteiger partial charge in [0.05, 0.1) is 44.5 Å². The van der Waals surface area contributed by atoms with Crippen molar-refractivity contribution in [2.75, 3.05) is 0 Å². The number of ether oxygens (including phenoxy) is 4. The summed E-state index contributed by atoms with van der Waals surface area (Å²) in [5.74, 6) is -9.79. The second-order valence-electron chi connectivity index (χ2n) is 7.05. The molecule has 0 atom stereocenters. The van der Waals surface area contributed by atoms with Crippen LogP contribution in [0.1, 0.15) is 82.9 Å². The quantitative estimate of drug-likeness (QED) is 0.306. The van der Waals surface area contributed by atoms with Gasteiger partial charge in [-0.1, -0.05) is 0 Å². The Balaban J connectivity index is 2.03. The van der Waals surface area contributed by atoms with Gasteiger partial charge < -0.3 is 18.9 Å². The van der Waals surface area contributed by atoms with Gasteiger partial charge in [-0.2, -0.15) is 0 Å². The van der Waals surface area contributed by atoms with Crippen LogP contribution in [-0.4, -0.2) is 47.8 Å². The van der Waals surface area contributed by atoms with E-state index in [4.69, 9.17) is 0 Å². The second kappa shape index (κ2) is 7.13. The van der Waals surface area contributed by atoms with E-state index in [1.165, 1.54) is 0 Å². The average molecular weight is 462 g/mol. The Labute approximate surface area is 186 Å². The molecule has 166 valence electrons. The summed E-state index contributed by atoms with van der Waals surface area (Å²) in [6.45, 7) is 0. The van der Waals surface area contributed by atoms with Crippen molar-refractivity contribution < 1.29 is 57.3 Å². The highest BCUT2D eigenvalue weighted by Crippen LogP contribution is 2.26. The van der Waals surface area contributed by atoms with Crippen LogP contribution in [0.2, 0.25) is 0 Å². The molecule has 0 unspecified atom stereocenters. The van der Waals surface area contributed by atoms with E-state index >= 15 is 0 Å². The van der Waals surface area contributed by atoms with Crippen molar-refractivity contribution in [1.82, 2.24) is 0 Å². The van der Waals surface area contributed by atoms with Crippen LogP contribution in [-0.2, 0) is 18.9 Å². The number of fused-ring (bicyclic) bond motifs is 10. The third-order valence-corrected chi connectivity index (χ3v) is 4.97. The number of esters is 8. The highest BCUT2D eigenvalue weighted by atomic mass is 16.6. The molecule has 0 N–H and O–H groups in total. The fourth-order valence-corrected chi connectivity index (χ4v) is 3.37. The van der Waals surface area contributed by atoms with Gasteiger partial charge in [0.15, 0.2) is 0 Å². The molecule has 0 amide bonds. The van der Waals surface area contributed by atoms with E-state index < -0.39 is 81.1 Å². The van der Waals surface area contributed by atoms with E-state index in [-0.39, 0.29) is 11.1 Å². The molecule has 1 aromatic rings. The van der Waals surface area contributed by atoms with Crippen molar-refractivity contribution in [3.63, 3.8) is 0 Å². The smallest absolute Gasteiger partial charge is 0.346 e. The van der Waals surface area contributed by atoms with Gasteiger partial charge in [0.1, 0.15) is 0 Å². The number of rotatable bonds is 0. The molecular formula is C22H6O12. The zero-order valence-electron chi connectivity index (χ0n) is 16.4. The second-order valence-corrected chi connectivity index (χ2v) is 7.05. The summed E-state index contributed by atoms with van der Waals surface area (Å²) in [6, 6.07) is 5.51. The van der Waals surface area contributed by atoms with E-state index in [1.54, 1.807) is 0 Å². The third kappa shape index (κ3) is 3.17. The lowest BCUT2D eigenvalue weighted by Gasteiger charge is -2.17.